The SMILES string of the molecule is Cc1cc(OCc2ncc(N)cn2)cc(C)c1Cl. The second kappa shape index (κ2) is 5.23. The summed E-state index contributed by atoms with van der Waals surface area (Å²) >= 11 is 6.09. The molecule has 18 heavy (non-hydrogen) atoms. The third-order valence-electron chi connectivity index (χ3n) is 2.50. The fraction of sp³-hybridized carbons (Fsp3) is 0.231. The van der Waals surface area contributed by atoms with E-state index in [1.807, 2.05) is 26.0 Å². The summed E-state index contributed by atoms with van der Waals surface area (Å²) in [5.41, 5.74) is 8.03. The molecule has 0 amide bonds. The molecule has 0 spiro atoms. The summed E-state index contributed by atoms with van der Waals surface area (Å²) in [6, 6.07) is 3.79. The Morgan fingerprint density at radius 2 is 1.72 bits per heavy atom. The molecule has 0 aliphatic carbocycles. The lowest BCUT2D eigenvalue weighted by atomic mass is 10.1. The quantitative estimate of drug-likeness (QED) is 0.925. The lowest BCUT2D eigenvalue weighted by Gasteiger charge is -2.09. The molecule has 0 unspecified atom stereocenters. The molecule has 2 rings (SSSR count). The zero-order chi connectivity index (χ0) is 13.1. The molecule has 2 aromatic rings. The number of benzene rings is 1. The highest BCUT2D eigenvalue weighted by molar-refractivity contribution is 6.32. The summed E-state index contributed by atoms with van der Waals surface area (Å²) in [4.78, 5) is 8.14. The molecule has 5 heteroatoms. The highest BCUT2D eigenvalue weighted by Crippen LogP contribution is 2.26. The van der Waals surface area contributed by atoms with Crippen LogP contribution >= 0.6 is 11.6 Å². The maximum Gasteiger partial charge on any atom is 0.166 e. The molecule has 0 radical (unpaired) electrons. The van der Waals surface area contributed by atoms with E-state index in [1.165, 1.54) is 0 Å². The lowest BCUT2D eigenvalue weighted by molar-refractivity contribution is 0.295. The molecule has 0 saturated carbocycles. The van der Waals surface area contributed by atoms with Crippen molar-refractivity contribution in [1.82, 2.24) is 9.97 Å². The van der Waals surface area contributed by atoms with Crippen molar-refractivity contribution >= 4 is 17.3 Å². The van der Waals surface area contributed by atoms with Crippen LogP contribution in [0.2, 0.25) is 5.02 Å². The number of rotatable bonds is 3. The molecule has 0 fully saturated rings. The normalized spacial score (nSPS) is 10.4. The van der Waals surface area contributed by atoms with Gasteiger partial charge in [0.25, 0.3) is 0 Å². The van der Waals surface area contributed by atoms with Crippen LogP contribution in [0.1, 0.15) is 17.0 Å². The summed E-state index contributed by atoms with van der Waals surface area (Å²) in [6.07, 6.45) is 3.12. The first-order valence-electron chi connectivity index (χ1n) is 5.52. The Kier molecular flexibility index (Phi) is 3.67. The number of aryl methyl sites for hydroxylation is 2. The Hall–Kier alpha value is -1.81. The van der Waals surface area contributed by atoms with Gasteiger partial charge >= 0.3 is 0 Å². The van der Waals surface area contributed by atoms with E-state index in [0.29, 0.717) is 18.1 Å². The number of anilines is 1. The lowest BCUT2D eigenvalue weighted by Crippen LogP contribution is -2.02. The fourth-order valence-corrected chi connectivity index (χ4v) is 1.69. The van der Waals surface area contributed by atoms with Gasteiger partial charge in [-0.05, 0) is 37.1 Å². The van der Waals surface area contributed by atoms with Crippen molar-refractivity contribution in [2.45, 2.75) is 20.5 Å². The van der Waals surface area contributed by atoms with E-state index in [9.17, 15) is 0 Å². The first-order valence-corrected chi connectivity index (χ1v) is 5.90. The van der Waals surface area contributed by atoms with Gasteiger partial charge in [-0.1, -0.05) is 11.6 Å². The van der Waals surface area contributed by atoms with E-state index in [4.69, 9.17) is 22.1 Å². The number of hydrogen-bond donors (Lipinski definition) is 1. The number of halogens is 1. The van der Waals surface area contributed by atoms with Gasteiger partial charge < -0.3 is 10.5 Å². The molecule has 94 valence electrons. The monoisotopic (exact) mass is 263 g/mol. The van der Waals surface area contributed by atoms with Crippen LogP contribution in [-0.4, -0.2) is 9.97 Å². The van der Waals surface area contributed by atoms with E-state index in [0.717, 1.165) is 21.9 Å². The molecular weight excluding hydrogens is 250 g/mol. The van der Waals surface area contributed by atoms with Crippen molar-refractivity contribution in [3.8, 4) is 5.75 Å². The zero-order valence-corrected chi connectivity index (χ0v) is 11.0. The van der Waals surface area contributed by atoms with Gasteiger partial charge in [0.2, 0.25) is 0 Å². The van der Waals surface area contributed by atoms with Gasteiger partial charge in [0.15, 0.2) is 5.82 Å². The van der Waals surface area contributed by atoms with Crippen LogP contribution in [0.4, 0.5) is 5.69 Å². The third-order valence-corrected chi connectivity index (χ3v) is 3.10. The Bertz CT molecular complexity index is 532. The smallest absolute Gasteiger partial charge is 0.166 e. The second-order valence-electron chi connectivity index (χ2n) is 4.09. The van der Waals surface area contributed by atoms with Gasteiger partial charge in [-0.3, -0.25) is 0 Å². The molecule has 4 nitrogen and oxygen atoms in total. The number of hydrogen-bond acceptors (Lipinski definition) is 4. The Morgan fingerprint density at radius 3 is 2.28 bits per heavy atom. The largest absolute Gasteiger partial charge is 0.486 e. The van der Waals surface area contributed by atoms with Crippen molar-refractivity contribution in [3.63, 3.8) is 0 Å². The topological polar surface area (TPSA) is 61.0 Å². The second-order valence-corrected chi connectivity index (χ2v) is 4.47. The van der Waals surface area contributed by atoms with Crippen LogP contribution in [-0.2, 0) is 6.61 Å². The predicted octanol–water partition coefficient (Wildman–Crippen LogP) is 2.91. The number of nitrogens with two attached hydrogens (primary N) is 1. The van der Waals surface area contributed by atoms with E-state index in [-0.39, 0.29) is 0 Å². The first-order chi connectivity index (χ1) is 8.56. The number of nitrogen functional groups attached to an aromatic ring is 1. The fourth-order valence-electron chi connectivity index (χ4n) is 1.58. The molecule has 1 heterocycles. The number of nitrogens with zero attached hydrogens (tertiary/aromatic N) is 2. The molecule has 0 saturated heterocycles. The molecule has 1 aromatic carbocycles. The maximum atomic E-state index is 6.09. The summed E-state index contributed by atoms with van der Waals surface area (Å²) in [7, 11) is 0. The molecule has 2 N–H and O–H groups in total. The van der Waals surface area contributed by atoms with Crippen molar-refractivity contribution in [3.05, 3.63) is 46.5 Å². The average molecular weight is 264 g/mol. The minimum absolute atomic E-state index is 0.306. The summed E-state index contributed by atoms with van der Waals surface area (Å²) in [5.74, 6) is 1.35. The number of aromatic nitrogens is 2. The minimum atomic E-state index is 0.306. The standard InChI is InChI=1S/C13H14ClN3O/c1-8-3-11(4-9(2)13(8)14)18-7-12-16-5-10(15)6-17-12/h3-6H,7,15H2,1-2H3. The molecule has 0 aliphatic heterocycles. The van der Waals surface area contributed by atoms with Gasteiger partial charge in [0.1, 0.15) is 12.4 Å². The average Bonchev–Trinajstić information content (AvgIpc) is 2.35. The third kappa shape index (κ3) is 2.90. The molecule has 0 atom stereocenters. The Labute approximate surface area is 111 Å². The molecule has 1 aromatic heterocycles. The van der Waals surface area contributed by atoms with E-state index in [1.54, 1.807) is 12.4 Å². The van der Waals surface area contributed by atoms with Crippen LogP contribution in [0.5, 0.6) is 5.75 Å². The van der Waals surface area contributed by atoms with Crippen LogP contribution < -0.4 is 10.5 Å². The van der Waals surface area contributed by atoms with Crippen LogP contribution in [0.15, 0.2) is 24.5 Å². The van der Waals surface area contributed by atoms with Gasteiger partial charge in [-0.2, -0.15) is 0 Å². The van der Waals surface area contributed by atoms with Crippen LogP contribution in [0, 0.1) is 13.8 Å². The number of ether oxygens (including phenoxy) is 1. The van der Waals surface area contributed by atoms with E-state index >= 15 is 0 Å². The van der Waals surface area contributed by atoms with Crippen LogP contribution in [0.3, 0.4) is 0 Å². The Balaban J connectivity index is 2.08. The van der Waals surface area contributed by atoms with Crippen molar-refractivity contribution in [2.24, 2.45) is 0 Å². The van der Waals surface area contributed by atoms with Crippen molar-refractivity contribution < 1.29 is 4.74 Å². The summed E-state index contributed by atoms with van der Waals surface area (Å²) < 4.78 is 5.62. The highest BCUT2D eigenvalue weighted by atomic mass is 35.5. The van der Waals surface area contributed by atoms with Gasteiger partial charge in [-0.15, -0.1) is 0 Å². The first kappa shape index (κ1) is 12.6. The molecular formula is C13H14ClN3O. The van der Waals surface area contributed by atoms with Gasteiger partial charge in [0.05, 0.1) is 18.1 Å². The zero-order valence-electron chi connectivity index (χ0n) is 10.3. The highest BCUT2D eigenvalue weighted by Gasteiger charge is 2.04. The van der Waals surface area contributed by atoms with Crippen molar-refractivity contribution in [2.75, 3.05) is 5.73 Å². The summed E-state index contributed by atoms with van der Waals surface area (Å²) in [6.45, 7) is 4.20. The molecule has 0 bridgehead atoms. The molecule has 0 aliphatic rings. The van der Waals surface area contributed by atoms with Gasteiger partial charge in [-0.25, -0.2) is 9.97 Å². The maximum absolute atomic E-state index is 6.09. The van der Waals surface area contributed by atoms with E-state index in [2.05, 4.69) is 9.97 Å². The Morgan fingerprint density at radius 1 is 1.17 bits per heavy atom. The van der Waals surface area contributed by atoms with Crippen molar-refractivity contribution in [1.29, 1.82) is 0 Å². The van der Waals surface area contributed by atoms with E-state index < -0.39 is 0 Å². The summed E-state index contributed by atoms with van der Waals surface area (Å²) in [5, 5.41) is 0.770. The predicted molar refractivity (Wildman–Crippen MR) is 71.7 cm³/mol. The van der Waals surface area contributed by atoms with Gasteiger partial charge in [0, 0.05) is 5.02 Å². The van der Waals surface area contributed by atoms with Crippen LogP contribution in [0.25, 0.3) is 0 Å². The minimum Gasteiger partial charge on any atom is -0.486 e.